The normalized spacial score (nSPS) is 11.9. The van der Waals surface area contributed by atoms with Crippen molar-refractivity contribution in [2.75, 3.05) is 0 Å². The first-order valence-electron chi connectivity index (χ1n) is 7.25. The van der Waals surface area contributed by atoms with Gasteiger partial charge >= 0.3 is 5.97 Å². The van der Waals surface area contributed by atoms with E-state index in [-0.39, 0.29) is 0 Å². The molecule has 24 heavy (non-hydrogen) atoms. The van der Waals surface area contributed by atoms with E-state index in [4.69, 9.17) is 14.6 Å². The van der Waals surface area contributed by atoms with E-state index < -0.39 is 12.1 Å². The lowest BCUT2D eigenvalue weighted by Crippen LogP contribution is -2.22. The van der Waals surface area contributed by atoms with Crippen LogP contribution in [0.15, 0.2) is 54.6 Å². The molecule has 5 nitrogen and oxygen atoms in total. The zero-order valence-corrected chi connectivity index (χ0v) is 14.9. The van der Waals surface area contributed by atoms with Gasteiger partial charge in [0, 0.05) is 15.0 Å². The van der Waals surface area contributed by atoms with Crippen molar-refractivity contribution in [3.05, 3.63) is 58.2 Å². The third kappa shape index (κ3) is 3.94. The van der Waals surface area contributed by atoms with Gasteiger partial charge in [-0.05, 0) is 72.0 Å². The number of rotatable bonds is 5. The first-order chi connectivity index (χ1) is 11.5. The monoisotopic (exact) mass is 435 g/mol. The van der Waals surface area contributed by atoms with Crippen LogP contribution >= 0.6 is 22.6 Å². The SMILES string of the molecule is C[C@@H](Oc1ccc(Oc2ccc3ccc(I)cc3n2)cc1)C(=O)O. The minimum atomic E-state index is -1.01. The van der Waals surface area contributed by atoms with Crippen LogP contribution in [0.25, 0.3) is 10.9 Å². The van der Waals surface area contributed by atoms with Crippen molar-refractivity contribution in [3.8, 4) is 17.4 Å². The van der Waals surface area contributed by atoms with Gasteiger partial charge < -0.3 is 14.6 Å². The molecule has 0 saturated heterocycles. The lowest BCUT2D eigenvalue weighted by atomic mass is 10.2. The summed E-state index contributed by atoms with van der Waals surface area (Å²) in [5, 5.41) is 9.89. The van der Waals surface area contributed by atoms with Gasteiger partial charge in [-0.2, -0.15) is 0 Å². The molecule has 0 fully saturated rings. The van der Waals surface area contributed by atoms with Crippen molar-refractivity contribution in [2.24, 2.45) is 0 Å². The Morgan fingerprint density at radius 1 is 1.08 bits per heavy atom. The molecule has 6 heteroatoms. The number of ether oxygens (including phenoxy) is 2. The molecular weight excluding hydrogens is 421 g/mol. The van der Waals surface area contributed by atoms with Crippen molar-refractivity contribution in [3.63, 3.8) is 0 Å². The molecule has 0 unspecified atom stereocenters. The van der Waals surface area contributed by atoms with Crippen molar-refractivity contribution in [2.45, 2.75) is 13.0 Å². The molecule has 0 saturated carbocycles. The number of nitrogens with zero attached hydrogens (tertiary/aromatic N) is 1. The third-order valence-corrected chi connectivity index (χ3v) is 4.01. The summed E-state index contributed by atoms with van der Waals surface area (Å²) < 4.78 is 12.1. The number of aromatic nitrogens is 1. The van der Waals surface area contributed by atoms with Crippen LogP contribution in [0, 0.1) is 3.57 Å². The molecule has 3 rings (SSSR count). The summed E-state index contributed by atoms with van der Waals surface area (Å²) >= 11 is 2.24. The van der Waals surface area contributed by atoms with E-state index in [2.05, 4.69) is 27.6 Å². The van der Waals surface area contributed by atoms with Gasteiger partial charge in [-0.25, -0.2) is 9.78 Å². The minimum Gasteiger partial charge on any atom is -0.479 e. The summed E-state index contributed by atoms with van der Waals surface area (Å²) in [6, 6.07) is 16.6. The van der Waals surface area contributed by atoms with Gasteiger partial charge in [0.1, 0.15) is 11.5 Å². The summed E-state index contributed by atoms with van der Waals surface area (Å²) in [6.45, 7) is 1.48. The largest absolute Gasteiger partial charge is 0.479 e. The lowest BCUT2D eigenvalue weighted by Gasteiger charge is -2.11. The van der Waals surface area contributed by atoms with Gasteiger partial charge in [-0.3, -0.25) is 0 Å². The number of carbonyl (C=O) groups is 1. The smallest absolute Gasteiger partial charge is 0.344 e. The summed E-state index contributed by atoms with van der Waals surface area (Å²) in [4.78, 5) is 15.3. The van der Waals surface area contributed by atoms with Crippen molar-refractivity contribution >= 4 is 39.5 Å². The fourth-order valence-corrected chi connectivity index (χ4v) is 2.56. The zero-order chi connectivity index (χ0) is 17.1. The molecule has 1 heterocycles. The molecule has 1 aromatic heterocycles. The maximum atomic E-state index is 10.8. The van der Waals surface area contributed by atoms with Crippen LogP contribution in [0.1, 0.15) is 6.92 Å². The maximum Gasteiger partial charge on any atom is 0.344 e. The molecule has 0 bridgehead atoms. The van der Waals surface area contributed by atoms with Crippen LogP contribution in [0.2, 0.25) is 0 Å². The van der Waals surface area contributed by atoms with Crippen LogP contribution < -0.4 is 9.47 Å². The average molecular weight is 435 g/mol. The lowest BCUT2D eigenvalue weighted by molar-refractivity contribution is -0.144. The zero-order valence-electron chi connectivity index (χ0n) is 12.8. The topological polar surface area (TPSA) is 68.7 Å². The highest BCUT2D eigenvalue weighted by Gasteiger charge is 2.12. The molecule has 122 valence electrons. The number of carboxylic acid groups (broad SMARTS) is 1. The molecule has 1 atom stereocenters. The van der Waals surface area contributed by atoms with E-state index in [1.54, 1.807) is 24.3 Å². The van der Waals surface area contributed by atoms with Gasteiger partial charge in [-0.15, -0.1) is 0 Å². The van der Waals surface area contributed by atoms with Crippen LogP contribution in [-0.4, -0.2) is 22.2 Å². The second kappa shape index (κ2) is 7.04. The van der Waals surface area contributed by atoms with Crippen LogP contribution in [0.5, 0.6) is 17.4 Å². The van der Waals surface area contributed by atoms with E-state index >= 15 is 0 Å². The highest BCUT2D eigenvalue weighted by molar-refractivity contribution is 14.1. The van der Waals surface area contributed by atoms with Gasteiger partial charge in [0.15, 0.2) is 6.10 Å². The number of fused-ring (bicyclic) bond motifs is 1. The van der Waals surface area contributed by atoms with Crippen LogP contribution in [0.4, 0.5) is 0 Å². The molecule has 0 amide bonds. The number of hydrogen-bond acceptors (Lipinski definition) is 4. The van der Waals surface area contributed by atoms with Crippen LogP contribution in [-0.2, 0) is 4.79 Å². The Morgan fingerprint density at radius 2 is 1.75 bits per heavy atom. The van der Waals surface area contributed by atoms with Crippen molar-refractivity contribution in [1.82, 2.24) is 4.98 Å². The third-order valence-electron chi connectivity index (χ3n) is 3.34. The molecule has 0 radical (unpaired) electrons. The average Bonchev–Trinajstić information content (AvgIpc) is 2.56. The van der Waals surface area contributed by atoms with Gasteiger partial charge in [-0.1, -0.05) is 6.07 Å². The quantitative estimate of drug-likeness (QED) is 0.599. The number of pyridine rings is 1. The molecule has 2 aromatic carbocycles. The molecule has 1 N–H and O–H groups in total. The van der Waals surface area contributed by atoms with E-state index in [1.807, 2.05) is 30.3 Å². The maximum absolute atomic E-state index is 10.8. The molecule has 0 aliphatic carbocycles. The second-order valence-corrected chi connectivity index (χ2v) is 6.40. The fourth-order valence-electron chi connectivity index (χ4n) is 2.09. The summed E-state index contributed by atoms with van der Waals surface area (Å²) in [6.07, 6.45) is -0.901. The Labute approximate surface area is 152 Å². The van der Waals surface area contributed by atoms with E-state index in [1.165, 1.54) is 6.92 Å². The second-order valence-electron chi connectivity index (χ2n) is 5.16. The van der Waals surface area contributed by atoms with Gasteiger partial charge in [0.2, 0.25) is 5.88 Å². The molecular formula is C18H14INO4. The Bertz CT molecular complexity index is 880. The summed E-state index contributed by atoms with van der Waals surface area (Å²) in [7, 11) is 0. The highest BCUT2D eigenvalue weighted by atomic mass is 127. The standard InChI is InChI=1S/C18H14INO4/c1-11(18(21)22)23-14-5-7-15(8-6-14)24-17-9-3-12-2-4-13(19)10-16(12)20-17/h2-11H,1H3,(H,21,22)/t11-/m1/s1. The van der Waals surface area contributed by atoms with Crippen molar-refractivity contribution < 1.29 is 19.4 Å². The molecule has 0 aliphatic heterocycles. The molecule has 0 spiro atoms. The predicted molar refractivity (Wildman–Crippen MR) is 98.7 cm³/mol. The Hall–Kier alpha value is -2.35. The Morgan fingerprint density at radius 3 is 2.46 bits per heavy atom. The van der Waals surface area contributed by atoms with E-state index in [9.17, 15) is 4.79 Å². The van der Waals surface area contributed by atoms with Crippen molar-refractivity contribution in [1.29, 1.82) is 0 Å². The number of halogens is 1. The number of benzene rings is 2. The molecule has 0 aliphatic rings. The van der Waals surface area contributed by atoms with E-state index in [0.29, 0.717) is 17.4 Å². The number of hydrogen-bond donors (Lipinski definition) is 1. The Kier molecular flexibility index (Phi) is 4.84. The number of aliphatic carboxylic acids is 1. The summed E-state index contributed by atoms with van der Waals surface area (Å²) in [5.41, 5.74) is 0.870. The first kappa shape index (κ1) is 16.5. The Balaban J connectivity index is 1.75. The predicted octanol–water partition coefficient (Wildman–Crippen LogP) is 4.48. The highest BCUT2D eigenvalue weighted by Crippen LogP contribution is 2.25. The summed E-state index contributed by atoms with van der Waals surface area (Å²) in [5.74, 6) is 0.559. The van der Waals surface area contributed by atoms with E-state index in [0.717, 1.165) is 14.5 Å². The van der Waals surface area contributed by atoms with Gasteiger partial charge in [0.25, 0.3) is 0 Å². The number of carboxylic acids is 1. The van der Waals surface area contributed by atoms with Gasteiger partial charge in [0.05, 0.1) is 5.52 Å². The first-order valence-corrected chi connectivity index (χ1v) is 8.33. The minimum absolute atomic E-state index is 0.471. The molecule has 3 aromatic rings. The fraction of sp³-hybridized carbons (Fsp3) is 0.111. The van der Waals surface area contributed by atoms with Crippen LogP contribution in [0.3, 0.4) is 0 Å².